The summed E-state index contributed by atoms with van der Waals surface area (Å²) in [5.74, 6) is 7.53. The topological polar surface area (TPSA) is 12.9 Å². The normalized spacial score (nSPS) is 9.71. The molecule has 0 N–H and O–H groups in total. The maximum atomic E-state index is 5.71. The van der Waals surface area contributed by atoms with Crippen LogP contribution in [0.15, 0.2) is 40.9 Å². The Kier molecular flexibility index (Phi) is 4.93. The van der Waals surface area contributed by atoms with E-state index < -0.39 is 0 Å². The molecular weight excluding hydrogens is 270 g/mol. The summed E-state index contributed by atoms with van der Waals surface area (Å²) < 4.78 is 1.03. The quantitative estimate of drug-likeness (QED) is 0.478. The third-order valence-electron chi connectivity index (χ3n) is 1.94. The maximum absolute atomic E-state index is 5.71. The Hall–Kier alpha value is -0.950. The fraction of sp³-hybridized carbons (Fsp3) is 0.154. The van der Waals surface area contributed by atoms with Crippen LogP contribution < -0.4 is 0 Å². The van der Waals surface area contributed by atoms with Crippen LogP contribution in [0, 0.1) is 11.8 Å². The number of hydrogen-bond acceptors (Lipinski definition) is 3. The molecule has 1 aromatic carbocycles. The molecule has 0 amide bonds. The number of alkyl halides is 1. The molecule has 4 heteroatoms. The summed E-state index contributed by atoms with van der Waals surface area (Å²) in [4.78, 5) is 5.36. The van der Waals surface area contributed by atoms with Crippen molar-refractivity contribution in [3.8, 4) is 11.8 Å². The van der Waals surface area contributed by atoms with Gasteiger partial charge in [-0.25, -0.2) is 4.98 Å². The van der Waals surface area contributed by atoms with Crippen LogP contribution in [0.3, 0.4) is 0 Å². The van der Waals surface area contributed by atoms with Crippen molar-refractivity contribution in [1.82, 2.24) is 4.98 Å². The van der Waals surface area contributed by atoms with Crippen molar-refractivity contribution >= 4 is 34.7 Å². The molecule has 0 unspecified atom stereocenters. The van der Waals surface area contributed by atoms with E-state index >= 15 is 0 Å². The maximum Gasteiger partial charge on any atom is 0.151 e. The highest BCUT2D eigenvalue weighted by molar-refractivity contribution is 8.01. The van der Waals surface area contributed by atoms with E-state index in [4.69, 9.17) is 11.6 Å². The fourth-order valence-corrected chi connectivity index (χ4v) is 3.03. The first-order valence-corrected chi connectivity index (χ1v) is 7.39. The molecule has 0 bridgehead atoms. The van der Waals surface area contributed by atoms with Crippen LogP contribution in [-0.2, 0) is 5.88 Å². The number of thioether (sulfide) groups is 1. The molecule has 1 aromatic heterocycles. The number of rotatable bonds is 3. The van der Waals surface area contributed by atoms with Crippen LogP contribution in [0.1, 0.15) is 10.4 Å². The van der Waals surface area contributed by atoms with Crippen molar-refractivity contribution in [2.45, 2.75) is 10.2 Å². The van der Waals surface area contributed by atoms with Gasteiger partial charge in [0.1, 0.15) is 0 Å². The van der Waals surface area contributed by atoms with Crippen LogP contribution in [0.2, 0.25) is 0 Å². The Morgan fingerprint density at radius 1 is 1.29 bits per heavy atom. The lowest BCUT2D eigenvalue weighted by Crippen LogP contribution is -1.74. The van der Waals surface area contributed by atoms with Crippen molar-refractivity contribution in [2.24, 2.45) is 0 Å². The minimum Gasteiger partial charge on any atom is -0.238 e. The lowest BCUT2D eigenvalue weighted by atomic mass is 10.2. The summed E-state index contributed by atoms with van der Waals surface area (Å²) in [5.41, 5.74) is 1.05. The lowest BCUT2D eigenvalue weighted by molar-refractivity contribution is 1.24. The standard InChI is InChI=1S/C13H10ClNS2/c14-9-12-10-15-13(17-12)16-8-4-7-11-5-2-1-3-6-11/h1-3,5-6,10H,8-9H2. The SMILES string of the molecule is ClCc1cnc(SCC#Cc2ccccc2)s1. The number of hydrogen-bond donors (Lipinski definition) is 0. The van der Waals surface area contributed by atoms with Crippen LogP contribution in [0.4, 0.5) is 0 Å². The molecule has 0 saturated heterocycles. The van der Waals surface area contributed by atoms with Crippen LogP contribution in [-0.4, -0.2) is 10.7 Å². The summed E-state index contributed by atoms with van der Waals surface area (Å²) >= 11 is 9.00. The fourth-order valence-electron chi connectivity index (χ4n) is 1.18. The Bertz CT molecular complexity index is 525. The molecule has 0 aliphatic heterocycles. The predicted molar refractivity (Wildman–Crippen MR) is 75.7 cm³/mol. The molecule has 2 rings (SSSR count). The van der Waals surface area contributed by atoms with Crippen molar-refractivity contribution in [3.63, 3.8) is 0 Å². The molecule has 0 aliphatic carbocycles. The molecule has 0 atom stereocenters. The molecule has 0 saturated carbocycles. The minimum atomic E-state index is 0.536. The van der Waals surface area contributed by atoms with Crippen molar-refractivity contribution < 1.29 is 0 Å². The first-order valence-electron chi connectivity index (χ1n) is 5.06. The molecule has 17 heavy (non-hydrogen) atoms. The zero-order chi connectivity index (χ0) is 11.9. The smallest absolute Gasteiger partial charge is 0.151 e. The monoisotopic (exact) mass is 279 g/mol. The number of aromatic nitrogens is 1. The van der Waals surface area contributed by atoms with Crippen LogP contribution >= 0.6 is 34.7 Å². The summed E-state index contributed by atoms with van der Waals surface area (Å²) in [6, 6.07) is 9.98. The van der Waals surface area contributed by atoms with Gasteiger partial charge in [-0.3, -0.25) is 0 Å². The predicted octanol–water partition coefficient (Wildman–Crippen LogP) is 4.03. The Balaban J connectivity index is 1.86. The Morgan fingerprint density at radius 2 is 2.12 bits per heavy atom. The van der Waals surface area contributed by atoms with Gasteiger partial charge in [-0.15, -0.1) is 22.9 Å². The van der Waals surface area contributed by atoms with E-state index in [1.54, 1.807) is 23.1 Å². The third kappa shape index (κ3) is 4.08. The molecule has 1 heterocycles. The number of benzene rings is 1. The average Bonchev–Trinajstić information content (AvgIpc) is 2.84. The van der Waals surface area contributed by atoms with E-state index in [1.807, 2.05) is 36.5 Å². The number of nitrogens with zero attached hydrogens (tertiary/aromatic N) is 1. The molecule has 2 aromatic rings. The second kappa shape index (κ2) is 6.70. The second-order valence-electron chi connectivity index (χ2n) is 3.18. The van der Waals surface area contributed by atoms with E-state index in [9.17, 15) is 0 Å². The first-order chi connectivity index (χ1) is 8.38. The molecule has 0 spiro atoms. The van der Waals surface area contributed by atoms with E-state index in [0.717, 1.165) is 20.5 Å². The molecule has 1 nitrogen and oxygen atoms in total. The highest BCUT2D eigenvalue weighted by Crippen LogP contribution is 2.24. The van der Waals surface area contributed by atoms with Gasteiger partial charge in [-0.1, -0.05) is 41.8 Å². The highest BCUT2D eigenvalue weighted by atomic mass is 35.5. The lowest BCUT2D eigenvalue weighted by Gasteiger charge is -1.88. The zero-order valence-corrected chi connectivity index (χ0v) is 11.4. The number of halogens is 1. The van der Waals surface area contributed by atoms with E-state index in [-0.39, 0.29) is 0 Å². The average molecular weight is 280 g/mol. The van der Waals surface area contributed by atoms with Crippen LogP contribution in [0.25, 0.3) is 0 Å². The van der Waals surface area contributed by atoms with Gasteiger partial charge in [-0.2, -0.15) is 0 Å². The van der Waals surface area contributed by atoms with Gasteiger partial charge in [0.25, 0.3) is 0 Å². The van der Waals surface area contributed by atoms with E-state index in [0.29, 0.717) is 5.88 Å². The number of thiazole rings is 1. The molecule has 0 fully saturated rings. The Labute approximate surface area is 114 Å². The van der Waals surface area contributed by atoms with Gasteiger partial charge < -0.3 is 0 Å². The van der Waals surface area contributed by atoms with Gasteiger partial charge in [-0.05, 0) is 12.1 Å². The van der Waals surface area contributed by atoms with Crippen molar-refractivity contribution in [1.29, 1.82) is 0 Å². The van der Waals surface area contributed by atoms with E-state index in [1.165, 1.54) is 0 Å². The largest absolute Gasteiger partial charge is 0.238 e. The van der Waals surface area contributed by atoms with Crippen LogP contribution in [0.5, 0.6) is 0 Å². The van der Waals surface area contributed by atoms with Crippen molar-refractivity contribution in [2.75, 3.05) is 5.75 Å². The Morgan fingerprint density at radius 3 is 2.82 bits per heavy atom. The van der Waals surface area contributed by atoms with Gasteiger partial charge in [0.15, 0.2) is 4.34 Å². The van der Waals surface area contributed by atoms with E-state index in [2.05, 4.69) is 16.8 Å². The third-order valence-corrected chi connectivity index (χ3v) is 4.42. The summed E-state index contributed by atoms with van der Waals surface area (Å²) in [6.45, 7) is 0. The molecular formula is C13H10ClNS2. The molecule has 0 aliphatic rings. The van der Waals surface area contributed by atoms with Crippen molar-refractivity contribution in [3.05, 3.63) is 47.0 Å². The summed E-state index contributed by atoms with van der Waals surface area (Å²) in [7, 11) is 0. The second-order valence-corrected chi connectivity index (χ2v) is 5.79. The van der Waals surface area contributed by atoms with Gasteiger partial charge in [0, 0.05) is 16.6 Å². The van der Waals surface area contributed by atoms with Gasteiger partial charge in [0.2, 0.25) is 0 Å². The first kappa shape index (κ1) is 12.5. The van der Waals surface area contributed by atoms with Gasteiger partial charge in [0.05, 0.1) is 11.6 Å². The summed E-state index contributed by atoms with van der Waals surface area (Å²) in [5, 5.41) is 0. The van der Waals surface area contributed by atoms with Gasteiger partial charge >= 0.3 is 0 Å². The zero-order valence-electron chi connectivity index (χ0n) is 9.02. The summed E-state index contributed by atoms with van der Waals surface area (Å²) in [6.07, 6.45) is 1.82. The molecule has 86 valence electrons. The minimum absolute atomic E-state index is 0.536. The molecule has 0 radical (unpaired) electrons. The highest BCUT2D eigenvalue weighted by Gasteiger charge is 1.99.